The highest BCUT2D eigenvalue weighted by molar-refractivity contribution is 5.30. The lowest BCUT2D eigenvalue weighted by Crippen LogP contribution is -2.08. The number of hydrogen-bond donors (Lipinski definition) is 1. The van der Waals surface area contributed by atoms with E-state index in [1.54, 1.807) is 0 Å². The van der Waals surface area contributed by atoms with Crippen molar-refractivity contribution in [2.75, 3.05) is 0 Å². The van der Waals surface area contributed by atoms with Crippen LogP contribution in [0.4, 0.5) is 0 Å². The molecule has 0 saturated carbocycles. The predicted octanol–water partition coefficient (Wildman–Crippen LogP) is 4.08. The first-order chi connectivity index (χ1) is 8.83. The van der Waals surface area contributed by atoms with Crippen LogP contribution in [0.25, 0.3) is 0 Å². The molecule has 0 aliphatic carbocycles. The van der Waals surface area contributed by atoms with Crippen LogP contribution in [0.2, 0.25) is 0 Å². The molecule has 0 fully saturated rings. The fraction of sp³-hybridized carbons (Fsp3) is 0.176. The summed E-state index contributed by atoms with van der Waals surface area (Å²) in [6.07, 6.45) is 3.53. The molecule has 0 saturated heterocycles. The fourth-order valence-electron chi connectivity index (χ4n) is 2.14. The summed E-state index contributed by atoms with van der Waals surface area (Å²) in [6.45, 7) is 1.98. The van der Waals surface area contributed by atoms with Crippen LogP contribution in [0.1, 0.15) is 30.1 Å². The first-order valence-corrected chi connectivity index (χ1v) is 6.23. The Kier molecular flexibility index (Phi) is 4.32. The van der Waals surface area contributed by atoms with Crippen molar-refractivity contribution in [2.24, 2.45) is 0 Å². The van der Waals surface area contributed by atoms with Gasteiger partial charge in [0.2, 0.25) is 0 Å². The van der Waals surface area contributed by atoms with Crippen molar-refractivity contribution < 1.29 is 5.11 Å². The van der Waals surface area contributed by atoms with Gasteiger partial charge in [-0.2, -0.15) is 0 Å². The van der Waals surface area contributed by atoms with E-state index in [1.807, 2.05) is 67.6 Å². The van der Waals surface area contributed by atoms with Crippen LogP contribution in [0.15, 0.2) is 72.8 Å². The third kappa shape index (κ3) is 2.88. The minimum atomic E-state index is -0.509. The van der Waals surface area contributed by atoms with Gasteiger partial charge in [-0.3, -0.25) is 0 Å². The molecule has 0 aliphatic rings. The Labute approximate surface area is 108 Å². The average Bonchev–Trinajstić information content (AvgIpc) is 2.46. The number of benzene rings is 2. The number of rotatable bonds is 4. The van der Waals surface area contributed by atoms with Crippen LogP contribution < -0.4 is 0 Å². The average molecular weight is 238 g/mol. The van der Waals surface area contributed by atoms with E-state index in [0.29, 0.717) is 0 Å². The summed E-state index contributed by atoms with van der Waals surface area (Å²) in [6, 6.07) is 19.9. The van der Waals surface area contributed by atoms with Gasteiger partial charge in [0.05, 0.1) is 6.10 Å². The zero-order valence-corrected chi connectivity index (χ0v) is 10.5. The predicted molar refractivity (Wildman–Crippen MR) is 75.4 cm³/mol. The van der Waals surface area contributed by atoms with E-state index >= 15 is 0 Å². The Balaban J connectivity index is 2.32. The Hall–Kier alpha value is -1.86. The second-order valence-corrected chi connectivity index (χ2v) is 4.32. The van der Waals surface area contributed by atoms with E-state index in [1.165, 1.54) is 0 Å². The molecule has 2 rings (SSSR count). The highest BCUT2D eigenvalue weighted by Gasteiger charge is 2.19. The summed E-state index contributed by atoms with van der Waals surface area (Å²) in [5.41, 5.74) is 2.08. The van der Waals surface area contributed by atoms with E-state index in [-0.39, 0.29) is 5.92 Å². The van der Waals surface area contributed by atoms with Crippen LogP contribution in [0.5, 0.6) is 0 Å². The van der Waals surface area contributed by atoms with Crippen molar-refractivity contribution in [1.82, 2.24) is 0 Å². The van der Waals surface area contributed by atoms with Crippen molar-refractivity contribution in [3.63, 3.8) is 0 Å². The number of allylic oxidation sites excluding steroid dienone is 1. The summed E-state index contributed by atoms with van der Waals surface area (Å²) in [4.78, 5) is 0. The summed E-state index contributed by atoms with van der Waals surface area (Å²) in [5, 5.41) is 10.5. The van der Waals surface area contributed by atoms with Gasteiger partial charge in [-0.25, -0.2) is 0 Å². The molecule has 2 aromatic carbocycles. The van der Waals surface area contributed by atoms with E-state index in [2.05, 4.69) is 12.1 Å². The standard InChI is InChI=1S/C17H18O/c1-2-9-16(14-10-5-3-6-11-14)17(18)15-12-7-4-8-13-15/h2-13,16-18H,1H3/b9-2-/t16-,17-/m1/s1. The maximum absolute atomic E-state index is 10.5. The Morgan fingerprint density at radius 2 is 1.33 bits per heavy atom. The van der Waals surface area contributed by atoms with Crippen LogP contribution in [0.3, 0.4) is 0 Å². The largest absolute Gasteiger partial charge is 0.387 e. The van der Waals surface area contributed by atoms with Gasteiger partial charge >= 0.3 is 0 Å². The first kappa shape index (κ1) is 12.6. The highest BCUT2D eigenvalue weighted by Crippen LogP contribution is 2.31. The molecule has 0 heterocycles. The summed E-state index contributed by atoms with van der Waals surface area (Å²) in [5.74, 6) is -0.00130. The molecule has 0 radical (unpaired) electrons. The van der Waals surface area contributed by atoms with Gasteiger partial charge in [-0.15, -0.1) is 0 Å². The molecule has 0 unspecified atom stereocenters. The second kappa shape index (κ2) is 6.18. The summed E-state index contributed by atoms with van der Waals surface area (Å²) in [7, 11) is 0. The third-order valence-electron chi connectivity index (χ3n) is 3.07. The van der Waals surface area contributed by atoms with Crippen molar-refractivity contribution in [1.29, 1.82) is 0 Å². The molecule has 18 heavy (non-hydrogen) atoms. The van der Waals surface area contributed by atoms with Crippen LogP contribution >= 0.6 is 0 Å². The Morgan fingerprint density at radius 3 is 1.83 bits per heavy atom. The van der Waals surface area contributed by atoms with Gasteiger partial charge in [0.15, 0.2) is 0 Å². The monoisotopic (exact) mass is 238 g/mol. The zero-order valence-electron chi connectivity index (χ0n) is 10.5. The molecule has 1 heteroatoms. The molecule has 2 atom stereocenters. The number of aliphatic hydroxyl groups excluding tert-OH is 1. The lowest BCUT2D eigenvalue weighted by Gasteiger charge is -2.20. The second-order valence-electron chi connectivity index (χ2n) is 4.32. The number of hydrogen-bond acceptors (Lipinski definition) is 1. The van der Waals surface area contributed by atoms with Crippen molar-refractivity contribution in [3.05, 3.63) is 83.9 Å². The zero-order chi connectivity index (χ0) is 12.8. The summed E-state index contributed by atoms with van der Waals surface area (Å²) < 4.78 is 0. The molecule has 92 valence electrons. The summed E-state index contributed by atoms with van der Waals surface area (Å²) >= 11 is 0. The topological polar surface area (TPSA) is 20.2 Å². The molecule has 0 amide bonds. The van der Waals surface area contributed by atoms with Gasteiger partial charge in [-0.05, 0) is 18.1 Å². The Morgan fingerprint density at radius 1 is 0.833 bits per heavy atom. The molecule has 0 spiro atoms. The van der Waals surface area contributed by atoms with E-state index in [0.717, 1.165) is 11.1 Å². The highest BCUT2D eigenvalue weighted by atomic mass is 16.3. The van der Waals surface area contributed by atoms with E-state index in [4.69, 9.17) is 0 Å². The van der Waals surface area contributed by atoms with Crippen LogP contribution in [-0.2, 0) is 0 Å². The lowest BCUT2D eigenvalue weighted by atomic mass is 9.89. The van der Waals surface area contributed by atoms with Gasteiger partial charge < -0.3 is 5.11 Å². The van der Waals surface area contributed by atoms with E-state index < -0.39 is 6.10 Å². The molecule has 1 N–H and O–H groups in total. The third-order valence-corrected chi connectivity index (χ3v) is 3.07. The molecule has 1 nitrogen and oxygen atoms in total. The van der Waals surface area contributed by atoms with Crippen molar-refractivity contribution in [2.45, 2.75) is 18.9 Å². The van der Waals surface area contributed by atoms with Gasteiger partial charge in [0.25, 0.3) is 0 Å². The fourth-order valence-corrected chi connectivity index (χ4v) is 2.14. The van der Waals surface area contributed by atoms with Gasteiger partial charge in [-0.1, -0.05) is 72.8 Å². The maximum atomic E-state index is 10.5. The Bertz CT molecular complexity index is 488. The molecular formula is C17H18O. The maximum Gasteiger partial charge on any atom is 0.0893 e. The lowest BCUT2D eigenvalue weighted by molar-refractivity contribution is 0.161. The minimum Gasteiger partial charge on any atom is -0.387 e. The van der Waals surface area contributed by atoms with Crippen LogP contribution in [0, 0.1) is 0 Å². The first-order valence-electron chi connectivity index (χ1n) is 6.23. The minimum absolute atomic E-state index is 0.00130. The van der Waals surface area contributed by atoms with Gasteiger partial charge in [0, 0.05) is 5.92 Å². The molecule has 2 aromatic rings. The smallest absolute Gasteiger partial charge is 0.0893 e. The van der Waals surface area contributed by atoms with Gasteiger partial charge in [0.1, 0.15) is 0 Å². The normalized spacial score (nSPS) is 14.6. The van der Waals surface area contributed by atoms with Crippen molar-refractivity contribution >= 4 is 0 Å². The van der Waals surface area contributed by atoms with Crippen LogP contribution in [-0.4, -0.2) is 5.11 Å². The SMILES string of the molecule is C/C=C\[C@H](c1ccccc1)[C@H](O)c1ccccc1. The number of aliphatic hydroxyl groups is 1. The molecule has 0 aliphatic heterocycles. The molecule has 0 bridgehead atoms. The molecular weight excluding hydrogens is 220 g/mol. The van der Waals surface area contributed by atoms with E-state index in [9.17, 15) is 5.11 Å². The van der Waals surface area contributed by atoms with Crippen molar-refractivity contribution in [3.8, 4) is 0 Å². The molecule has 0 aromatic heterocycles. The quantitative estimate of drug-likeness (QED) is 0.796.